The Kier molecular flexibility index (Phi) is 7.50. The zero-order valence-corrected chi connectivity index (χ0v) is 18.5. The summed E-state index contributed by atoms with van der Waals surface area (Å²) in [6.45, 7) is 8.17. The van der Waals surface area contributed by atoms with Crippen LogP contribution in [0.2, 0.25) is 0 Å². The van der Waals surface area contributed by atoms with Gasteiger partial charge in [-0.05, 0) is 43.7 Å². The van der Waals surface area contributed by atoms with E-state index >= 15 is 0 Å². The highest BCUT2D eigenvalue weighted by atomic mass is 32.2. The summed E-state index contributed by atoms with van der Waals surface area (Å²) in [7, 11) is -3.44. The Bertz CT molecular complexity index is 932. The molecule has 7 heteroatoms. The molecule has 162 valence electrons. The average molecular weight is 431 g/mol. The second-order valence-electron chi connectivity index (χ2n) is 7.62. The van der Waals surface area contributed by atoms with Crippen LogP contribution >= 0.6 is 0 Å². The van der Waals surface area contributed by atoms with Gasteiger partial charge in [-0.3, -0.25) is 9.69 Å². The van der Waals surface area contributed by atoms with E-state index in [-0.39, 0.29) is 23.0 Å². The maximum atomic E-state index is 12.5. The van der Waals surface area contributed by atoms with Crippen LogP contribution in [0.3, 0.4) is 0 Å². The summed E-state index contributed by atoms with van der Waals surface area (Å²) >= 11 is 0. The first-order valence-corrected chi connectivity index (χ1v) is 12.0. The molecule has 0 bridgehead atoms. The molecule has 0 spiro atoms. The van der Waals surface area contributed by atoms with E-state index in [2.05, 4.69) is 17.0 Å². The van der Waals surface area contributed by atoms with Crippen LogP contribution in [0.5, 0.6) is 5.75 Å². The number of benzene rings is 2. The van der Waals surface area contributed by atoms with Crippen LogP contribution in [0, 0.1) is 6.92 Å². The maximum Gasteiger partial charge on any atom is 0.223 e. The molecule has 1 aliphatic heterocycles. The number of hydrogen-bond donors (Lipinski definition) is 0. The lowest BCUT2D eigenvalue weighted by Gasteiger charge is -2.34. The molecule has 0 aliphatic carbocycles. The Morgan fingerprint density at radius 1 is 0.967 bits per heavy atom. The standard InChI is InChI=1S/C23H30N2O4S/c1-3-29-21-8-6-20(7-9-21)18-24-13-15-25(16-14-24)23(26)12-17-30(27,28)22-10-4-19(2)5-11-22/h4-11H,3,12-18H2,1-2H3. The fraction of sp³-hybridized carbons (Fsp3) is 0.435. The van der Waals surface area contributed by atoms with Crippen LogP contribution in [0.1, 0.15) is 24.5 Å². The molecule has 2 aromatic rings. The summed E-state index contributed by atoms with van der Waals surface area (Å²) < 4.78 is 30.4. The van der Waals surface area contributed by atoms with Crippen molar-refractivity contribution in [1.82, 2.24) is 9.80 Å². The van der Waals surface area contributed by atoms with Gasteiger partial charge in [0.05, 0.1) is 17.3 Å². The van der Waals surface area contributed by atoms with E-state index in [1.165, 1.54) is 5.56 Å². The molecule has 1 saturated heterocycles. The van der Waals surface area contributed by atoms with Crippen molar-refractivity contribution in [3.8, 4) is 5.75 Å². The number of carbonyl (C=O) groups is 1. The van der Waals surface area contributed by atoms with Crippen molar-refractivity contribution in [3.63, 3.8) is 0 Å². The largest absolute Gasteiger partial charge is 0.494 e. The van der Waals surface area contributed by atoms with Crippen molar-refractivity contribution in [2.45, 2.75) is 31.7 Å². The minimum Gasteiger partial charge on any atom is -0.494 e. The van der Waals surface area contributed by atoms with Crippen LogP contribution in [0.25, 0.3) is 0 Å². The van der Waals surface area contributed by atoms with E-state index in [9.17, 15) is 13.2 Å². The van der Waals surface area contributed by atoms with Crippen molar-refractivity contribution in [1.29, 1.82) is 0 Å². The van der Waals surface area contributed by atoms with Crippen molar-refractivity contribution >= 4 is 15.7 Å². The number of rotatable bonds is 8. The third-order valence-electron chi connectivity index (χ3n) is 5.33. The fourth-order valence-electron chi connectivity index (χ4n) is 3.51. The van der Waals surface area contributed by atoms with Crippen molar-refractivity contribution in [3.05, 3.63) is 59.7 Å². The highest BCUT2D eigenvalue weighted by molar-refractivity contribution is 7.91. The van der Waals surface area contributed by atoms with Gasteiger partial charge in [-0.15, -0.1) is 0 Å². The number of aryl methyl sites for hydroxylation is 1. The Hall–Kier alpha value is -2.38. The molecule has 2 aromatic carbocycles. The van der Waals surface area contributed by atoms with Crippen LogP contribution in [0.4, 0.5) is 0 Å². The quantitative estimate of drug-likeness (QED) is 0.644. The van der Waals surface area contributed by atoms with E-state index in [0.717, 1.165) is 30.9 Å². The Balaban J connectivity index is 1.45. The summed E-state index contributed by atoms with van der Waals surface area (Å²) in [6, 6.07) is 14.9. The van der Waals surface area contributed by atoms with E-state index in [1.807, 2.05) is 26.0 Å². The van der Waals surface area contributed by atoms with E-state index in [1.54, 1.807) is 29.2 Å². The lowest BCUT2D eigenvalue weighted by atomic mass is 10.2. The Morgan fingerprint density at radius 2 is 1.60 bits per heavy atom. The van der Waals surface area contributed by atoms with Crippen molar-refractivity contribution < 1.29 is 17.9 Å². The first kappa shape index (κ1) is 22.3. The average Bonchev–Trinajstić information content (AvgIpc) is 2.74. The van der Waals surface area contributed by atoms with Crippen LogP contribution in [-0.4, -0.2) is 62.7 Å². The fourth-order valence-corrected chi connectivity index (χ4v) is 4.74. The van der Waals surface area contributed by atoms with Crippen LogP contribution in [0.15, 0.2) is 53.4 Å². The van der Waals surface area contributed by atoms with Gasteiger partial charge in [0.15, 0.2) is 9.84 Å². The number of piperazine rings is 1. The molecule has 1 fully saturated rings. The SMILES string of the molecule is CCOc1ccc(CN2CCN(C(=O)CCS(=O)(=O)c3ccc(C)cc3)CC2)cc1. The summed E-state index contributed by atoms with van der Waals surface area (Å²) in [5, 5.41) is 0. The molecule has 30 heavy (non-hydrogen) atoms. The summed E-state index contributed by atoms with van der Waals surface area (Å²) in [5.74, 6) is 0.630. The van der Waals surface area contributed by atoms with Crippen molar-refractivity contribution in [2.75, 3.05) is 38.5 Å². The van der Waals surface area contributed by atoms with E-state index in [4.69, 9.17) is 4.74 Å². The maximum absolute atomic E-state index is 12.5. The lowest BCUT2D eigenvalue weighted by molar-refractivity contribution is -0.132. The molecule has 1 amide bonds. The normalized spacial score (nSPS) is 15.2. The number of ether oxygens (including phenoxy) is 1. The summed E-state index contributed by atoms with van der Waals surface area (Å²) in [4.78, 5) is 16.9. The van der Waals surface area contributed by atoms with Gasteiger partial charge < -0.3 is 9.64 Å². The third-order valence-corrected chi connectivity index (χ3v) is 7.06. The Morgan fingerprint density at radius 3 is 2.20 bits per heavy atom. The number of nitrogens with zero attached hydrogens (tertiary/aromatic N) is 2. The minimum absolute atomic E-state index is 0.0229. The first-order valence-electron chi connectivity index (χ1n) is 10.4. The smallest absolute Gasteiger partial charge is 0.223 e. The predicted molar refractivity (Wildman–Crippen MR) is 117 cm³/mol. The topological polar surface area (TPSA) is 66.9 Å². The summed E-state index contributed by atoms with van der Waals surface area (Å²) in [6.07, 6.45) is 0.0229. The highest BCUT2D eigenvalue weighted by Crippen LogP contribution is 2.16. The Labute approximate surface area is 179 Å². The monoisotopic (exact) mass is 430 g/mol. The molecule has 0 aromatic heterocycles. The van der Waals surface area contributed by atoms with Gasteiger partial charge in [-0.25, -0.2) is 8.42 Å². The molecule has 0 radical (unpaired) electrons. The molecule has 1 heterocycles. The van der Waals surface area contributed by atoms with Gasteiger partial charge in [0.2, 0.25) is 5.91 Å². The highest BCUT2D eigenvalue weighted by Gasteiger charge is 2.23. The molecule has 3 rings (SSSR count). The molecular formula is C23H30N2O4S. The number of sulfone groups is 1. The predicted octanol–water partition coefficient (Wildman–Crippen LogP) is 2.90. The molecule has 0 N–H and O–H groups in total. The molecule has 6 nitrogen and oxygen atoms in total. The molecule has 1 aliphatic rings. The summed E-state index contributed by atoms with van der Waals surface area (Å²) in [5.41, 5.74) is 2.22. The zero-order chi connectivity index (χ0) is 21.6. The van der Waals surface area contributed by atoms with Crippen molar-refractivity contribution in [2.24, 2.45) is 0 Å². The van der Waals surface area contributed by atoms with Gasteiger partial charge in [-0.2, -0.15) is 0 Å². The number of hydrogen-bond acceptors (Lipinski definition) is 5. The van der Waals surface area contributed by atoms with Gasteiger partial charge in [0.1, 0.15) is 5.75 Å². The van der Waals surface area contributed by atoms with Gasteiger partial charge >= 0.3 is 0 Å². The second kappa shape index (κ2) is 10.1. The molecule has 0 unspecified atom stereocenters. The number of amides is 1. The molecular weight excluding hydrogens is 400 g/mol. The first-order chi connectivity index (χ1) is 14.4. The lowest BCUT2D eigenvalue weighted by Crippen LogP contribution is -2.48. The zero-order valence-electron chi connectivity index (χ0n) is 17.7. The van der Waals surface area contributed by atoms with Crippen LogP contribution < -0.4 is 4.74 Å². The third kappa shape index (κ3) is 6.06. The van der Waals surface area contributed by atoms with Gasteiger partial charge in [0, 0.05) is 39.1 Å². The van der Waals surface area contributed by atoms with E-state index < -0.39 is 9.84 Å². The number of carbonyl (C=O) groups excluding carboxylic acids is 1. The molecule has 0 saturated carbocycles. The molecule has 0 atom stereocenters. The van der Waals surface area contributed by atoms with Gasteiger partial charge in [0.25, 0.3) is 0 Å². The van der Waals surface area contributed by atoms with E-state index in [0.29, 0.717) is 19.7 Å². The minimum atomic E-state index is -3.44. The van der Waals surface area contributed by atoms with Crippen LogP contribution in [-0.2, 0) is 21.2 Å². The van der Waals surface area contributed by atoms with Gasteiger partial charge in [-0.1, -0.05) is 29.8 Å². The second-order valence-corrected chi connectivity index (χ2v) is 9.72.